The minimum Gasteiger partial charge on any atom is -0.340 e. The molecule has 1 unspecified atom stereocenters. The van der Waals surface area contributed by atoms with E-state index in [0.717, 1.165) is 50.6 Å². The first-order valence-electron chi connectivity index (χ1n) is 10.3. The summed E-state index contributed by atoms with van der Waals surface area (Å²) in [5.74, 6) is 0.122. The van der Waals surface area contributed by atoms with E-state index in [2.05, 4.69) is 34.5 Å². The molecule has 0 saturated carbocycles. The van der Waals surface area contributed by atoms with Gasteiger partial charge in [0.25, 0.3) is 0 Å². The molecule has 1 atom stereocenters. The molecule has 4 rings (SSSR count). The van der Waals surface area contributed by atoms with Crippen molar-refractivity contribution < 1.29 is 9.59 Å². The van der Waals surface area contributed by atoms with E-state index < -0.39 is 0 Å². The van der Waals surface area contributed by atoms with Gasteiger partial charge in [-0.25, -0.2) is 4.79 Å². The van der Waals surface area contributed by atoms with Crippen molar-refractivity contribution in [1.29, 1.82) is 0 Å². The van der Waals surface area contributed by atoms with Gasteiger partial charge >= 0.3 is 6.03 Å². The highest BCUT2D eigenvalue weighted by atomic mass is 32.1. The lowest BCUT2D eigenvalue weighted by atomic mass is 9.96. The summed E-state index contributed by atoms with van der Waals surface area (Å²) in [6, 6.07) is 14.2. The zero-order valence-electron chi connectivity index (χ0n) is 16.6. The average molecular weight is 413 g/mol. The second-order valence-corrected chi connectivity index (χ2v) is 8.73. The van der Waals surface area contributed by atoms with Gasteiger partial charge in [0.15, 0.2) is 0 Å². The van der Waals surface area contributed by atoms with Gasteiger partial charge in [-0.15, -0.1) is 11.3 Å². The summed E-state index contributed by atoms with van der Waals surface area (Å²) in [4.78, 5) is 31.8. The number of piperidine rings is 1. The molecule has 0 radical (unpaired) electrons. The molecular weight excluding hydrogens is 384 g/mol. The van der Waals surface area contributed by atoms with E-state index in [-0.39, 0.29) is 17.9 Å². The Kier molecular flexibility index (Phi) is 6.46. The van der Waals surface area contributed by atoms with Gasteiger partial charge in [-0.3, -0.25) is 15.0 Å². The predicted molar refractivity (Wildman–Crippen MR) is 116 cm³/mol. The molecule has 2 aromatic rings. The topological polar surface area (TPSA) is 55.9 Å². The first-order chi connectivity index (χ1) is 14.2. The normalized spacial score (nSPS) is 20.5. The average Bonchev–Trinajstić information content (AvgIpc) is 3.28. The Morgan fingerprint density at radius 3 is 2.48 bits per heavy atom. The number of hydrogen-bond donors (Lipinski definition) is 1. The van der Waals surface area contributed by atoms with Crippen molar-refractivity contribution in [2.45, 2.75) is 19.4 Å². The second kappa shape index (κ2) is 9.41. The molecule has 3 heterocycles. The van der Waals surface area contributed by atoms with Crippen molar-refractivity contribution in [3.8, 4) is 0 Å². The number of hydrogen-bond acceptors (Lipinski definition) is 4. The van der Waals surface area contributed by atoms with Crippen molar-refractivity contribution in [2.75, 3.05) is 44.6 Å². The number of nitrogens with zero attached hydrogens (tertiary/aromatic N) is 3. The second-order valence-electron chi connectivity index (χ2n) is 7.78. The molecule has 6 nitrogen and oxygen atoms in total. The van der Waals surface area contributed by atoms with Crippen LogP contribution in [-0.2, 0) is 11.3 Å². The first kappa shape index (κ1) is 19.9. The zero-order chi connectivity index (χ0) is 20.1. The molecule has 2 fully saturated rings. The fourth-order valence-electron chi connectivity index (χ4n) is 4.12. The Balaban J connectivity index is 1.26. The molecule has 0 bridgehead atoms. The number of amides is 3. The van der Waals surface area contributed by atoms with Crippen molar-refractivity contribution in [2.24, 2.45) is 5.92 Å². The lowest BCUT2D eigenvalue weighted by molar-refractivity contribution is -0.138. The maximum absolute atomic E-state index is 13.1. The molecule has 2 aliphatic rings. The molecule has 0 aliphatic carbocycles. The number of rotatable bonds is 4. The monoisotopic (exact) mass is 412 g/mol. The van der Waals surface area contributed by atoms with Crippen molar-refractivity contribution in [1.82, 2.24) is 14.7 Å². The molecule has 1 aromatic heterocycles. The van der Waals surface area contributed by atoms with E-state index >= 15 is 0 Å². The molecule has 154 valence electrons. The quantitative estimate of drug-likeness (QED) is 0.838. The number of nitrogens with one attached hydrogen (secondary N) is 1. The van der Waals surface area contributed by atoms with Crippen molar-refractivity contribution in [3.63, 3.8) is 0 Å². The number of carbonyl (C=O) groups is 2. The van der Waals surface area contributed by atoms with Crippen LogP contribution in [-0.4, -0.2) is 65.9 Å². The van der Waals surface area contributed by atoms with Gasteiger partial charge < -0.3 is 9.80 Å². The summed E-state index contributed by atoms with van der Waals surface area (Å²) >= 11 is 1.51. The number of likely N-dealkylation sites (tertiary alicyclic amines) is 1. The summed E-state index contributed by atoms with van der Waals surface area (Å²) in [6.45, 7) is 5.49. The van der Waals surface area contributed by atoms with E-state index in [1.165, 1.54) is 16.9 Å². The number of benzene rings is 1. The Labute approximate surface area is 176 Å². The van der Waals surface area contributed by atoms with E-state index in [4.69, 9.17) is 0 Å². The summed E-state index contributed by atoms with van der Waals surface area (Å²) in [6.07, 6.45) is 1.74. The van der Waals surface area contributed by atoms with Crippen LogP contribution in [0.5, 0.6) is 0 Å². The number of urea groups is 1. The van der Waals surface area contributed by atoms with Crippen molar-refractivity contribution in [3.05, 3.63) is 53.4 Å². The number of anilines is 1. The fraction of sp³-hybridized carbons (Fsp3) is 0.455. The molecule has 2 saturated heterocycles. The van der Waals surface area contributed by atoms with Gasteiger partial charge in [0, 0.05) is 45.8 Å². The fourth-order valence-corrected chi connectivity index (χ4v) is 4.73. The van der Waals surface area contributed by atoms with Crippen LogP contribution in [0.15, 0.2) is 47.8 Å². The van der Waals surface area contributed by atoms with E-state index in [0.29, 0.717) is 13.1 Å². The van der Waals surface area contributed by atoms with Gasteiger partial charge in [-0.2, -0.15) is 0 Å². The molecule has 29 heavy (non-hydrogen) atoms. The van der Waals surface area contributed by atoms with Crippen LogP contribution in [0.4, 0.5) is 9.80 Å². The Hall–Kier alpha value is -2.38. The highest BCUT2D eigenvalue weighted by molar-refractivity contribution is 7.14. The van der Waals surface area contributed by atoms with Crippen LogP contribution in [0.2, 0.25) is 0 Å². The number of thiophene rings is 1. The number of piperazine rings is 1. The molecule has 1 aromatic carbocycles. The smallest absolute Gasteiger partial charge is 0.322 e. The maximum Gasteiger partial charge on any atom is 0.322 e. The lowest BCUT2D eigenvalue weighted by Gasteiger charge is -2.39. The minimum absolute atomic E-state index is 0.0847. The molecule has 7 heteroatoms. The van der Waals surface area contributed by atoms with Crippen LogP contribution < -0.4 is 5.32 Å². The van der Waals surface area contributed by atoms with Crippen LogP contribution in [0.3, 0.4) is 0 Å². The molecule has 3 amide bonds. The summed E-state index contributed by atoms with van der Waals surface area (Å²) in [7, 11) is 0. The van der Waals surface area contributed by atoms with E-state index in [1.54, 1.807) is 4.90 Å². The van der Waals surface area contributed by atoms with Gasteiger partial charge in [-0.05, 0) is 35.9 Å². The lowest BCUT2D eigenvalue weighted by Crippen LogP contribution is -2.53. The molecule has 1 N–H and O–H groups in total. The summed E-state index contributed by atoms with van der Waals surface area (Å²) in [5.41, 5.74) is 1.31. The van der Waals surface area contributed by atoms with Crippen molar-refractivity contribution >= 4 is 28.3 Å². The molecular formula is C22H28N4O2S. The summed E-state index contributed by atoms with van der Waals surface area (Å²) < 4.78 is 0. The predicted octanol–water partition coefficient (Wildman–Crippen LogP) is 3.34. The van der Waals surface area contributed by atoms with Gasteiger partial charge in [0.1, 0.15) is 0 Å². The number of carbonyl (C=O) groups excluding carboxylic acids is 2. The zero-order valence-corrected chi connectivity index (χ0v) is 17.4. The van der Waals surface area contributed by atoms with Gasteiger partial charge in [0.05, 0.1) is 10.9 Å². The highest BCUT2D eigenvalue weighted by Crippen LogP contribution is 2.22. The van der Waals surface area contributed by atoms with Gasteiger partial charge in [-0.1, -0.05) is 30.3 Å². The maximum atomic E-state index is 13.1. The van der Waals surface area contributed by atoms with Crippen LogP contribution >= 0.6 is 11.3 Å². The standard InChI is InChI=1S/C22H28N4O2S/c27-21(25-13-11-24(12-14-25)16-18-6-2-1-3-7-18)19-8-4-10-26(17-19)22(28)23-20-9-5-15-29-20/h1-3,5-7,9,15,19H,4,8,10-14,16-17H2,(H,23,28). The molecule has 2 aliphatic heterocycles. The first-order valence-corrected chi connectivity index (χ1v) is 11.2. The van der Waals surface area contributed by atoms with Crippen LogP contribution in [0.25, 0.3) is 0 Å². The van der Waals surface area contributed by atoms with Crippen LogP contribution in [0.1, 0.15) is 18.4 Å². The minimum atomic E-state index is -0.0994. The summed E-state index contributed by atoms with van der Waals surface area (Å²) in [5, 5.41) is 5.72. The van der Waals surface area contributed by atoms with E-state index in [9.17, 15) is 9.59 Å². The SMILES string of the molecule is O=C(Nc1cccs1)N1CCCC(C(=O)N2CCN(Cc3ccccc3)CC2)C1. The van der Waals surface area contributed by atoms with Crippen LogP contribution in [0, 0.1) is 5.92 Å². The Morgan fingerprint density at radius 1 is 0.966 bits per heavy atom. The Bertz CT molecular complexity index is 803. The van der Waals surface area contributed by atoms with Gasteiger partial charge in [0.2, 0.25) is 5.91 Å². The third-order valence-corrected chi connectivity index (χ3v) is 6.53. The molecule has 0 spiro atoms. The largest absolute Gasteiger partial charge is 0.340 e. The third kappa shape index (κ3) is 5.16. The Morgan fingerprint density at radius 2 is 1.76 bits per heavy atom. The highest BCUT2D eigenvalue weighted by Gasteiger charge is 2.32. The third-order valence-electron chi connectivity index (χ3n) is 5.74. The van der Waals surface area contributed by atoms with E-state index in [1.807, 2.05) is 28.5 Å².